The Morgan fingerprint density at radius 1 is 1.04 bits per heavy atom. The van der Waals surface area contributed by atoms with Crippen LogP contribution in [0.4, 0.5) is 4.79 Å². The third-order valence-electron chi connectivity index (χ3n) is 4.86. The Morgan fingerprint density at radius 2 is 1.67 bits per heavy atom. The number of amides is 3. The van der Waals surface area contributed by atoms with E-state index < -0.39 is 0 Å². The van der Waals surface area contributed by atoms with Crippen LogP contribution in [0.2, 0.25) is 5.02 Å². The maximum absolute atomic E-state index is 12.5. The summed E-state index contributed by atoms with van der Waals surface area (Å²) in [5.41, 5.74) is 1.67. The fourth-order valence-corrected chi connectivity index (χ4v) is 3.32. The van der Waals surface area contributed by atoms with Crippen molar-refractivity contribution in [1.29, 1.82) is 0 Å². The molecule has 0 unspecified atom stereocenters. The number of benzene rings is 2. The van der Waals surface area contributed by atoms with Crippen molar-refractivity contribution in [3.8, 4) is 0 Å². The highest BCUT2D eigenvalue weighted by atomic mass is 35.5. The summed E-state index contributed by atoms with van der Waals surface area (Å²) >= 11 is 5.91. The molecule has 3 amide bonds. The van der Waals surface area contributed by atoms with Crippen LogP contribution in [0.25, 0.3) is 0 Å². The maximum Gasteiger partial charge on any atom is 0.317 e. The number of likely N-dealkylation sites (tertiary alicyclic amines) is 1. The highest BCUT2D eigenvalue weighted by Crippen LogP contribution is 2.17. The number of nitrogens with one attached hydrogen (secondary N) is 2. The first-order chi connectivity index (χ1) is 13.0. The number of piperidine rings is 1. The summed E-state index contributed by atoms with van der Waals surface area (Å²) in [5.74, 6) is -0.0603. The van der Waals surface area contributed by atoms with E-state index >= 15 is 0 Å². The van der Waals surface area contributed by atoms with Gasteiger partial charge in [0, 0.05) is 29.7 Å². The van der Waals surface area contributed by atoms with Gasteiger partial charge in [-0.15, -0.1) is 0 Å². The van der Waals surface area contributed by atoms with Gasteiger partial charge in [-0.3, -0.25) is 4.79 Å². The number of urea groups is 1. The number of hydrogen-bond acceptors (Lipinski definition) is 2. The molecule has 1 saturated heterocycles. The normalized spacial score (nSPS) is 15.9. The first-order valence-corrected chi connectivity index (χ1v) is 9.57. The minimum Gasteiger partial charge on any atom is -0.349 e. The van der Waals surface area contributed by atoms with Crippen LogP contribution >= 0.6 is 11.6 Å². The molecule has 2 aromatic carbocycles. The van der Waals surface area contributed by atoms with E-state index in [1.54, 1.807) is 17.0 Å². The molecule has 1 aliphatic heterocycles. The highest BCUT2D eigenvalue weighted by Gasteiger charge is 2.25. The van der Waals surface area contributed by atoms with E-state index in [-0.39, 0.29) is 24.0 Å². The number of halogens is 1. The van der Waals surface area contributed by atoms with E-state index in [9.17, 15) is 9.59 Å². The van der Waals surface area contributed by atoms with Crippen LogP contribution in [-0.4, -0.2) is 36.0 Å². The van der Waals surface area contributed by atoms with Gasteiger partial charge in [-0.25, -0.2) is 4.79 Å². The van der Waals surface area contributed by atoms with E-state index in [4.69, 9.17) is 11.6 Å². The SMILES string of the molecule is C[C@H](NC(=O)N1CCC(NC(=O)c2ccccc2)CC1)c1ccc(Cl)cc1. The van der Waals surface area contributed by atoms with Crippen LogP contribution < -0.4 is 10.6 Å². The van der Waals surface area contributed by atoms with Crippen LogP contribution in [0.5, 0.6) is 0 Å². The zero-order chi connectivity index (χ0) is 19.2. The minimum atomic E-state index is -0.0923. The van der Waals surface area contributed by atoms with Gasteiger partial charge in [-0.1, -0.05) is 41.9 Å². The van der Waals surface area contributed by atoms with Crippen LogP contribution in [0, 0.1) is 0 Å². The average Bonchev–Trinajstić information content (AvgIpc) is 2.69. The number of rotatable bonds is 4. The molecule has 2 aromatic rings. The fraction of sp³-hybridized carbons (Fsp3) is 0.333. The first-order valence-electron chi connectivity index (χ1n) is 9.20. The molecular weight excluding hydrogens is 362 g/mol. The average molecular weight is 386 g/mol. The molecule has 0 aromatic heterocycles. The molecule has 0 bridgehead atoms. The molecule has 1 aliphatic rings. The monoisotopic (exact) mass is 385 g/mol. The molecule has 5 nitrogen and oxygen atoms in total. The topological polar surface area (TPSA) is 61.4 Å². The molecule has 2 N–H and O–H groups in total. The second-order valence-corrected chi connectivity index (χ2v) is 7.26. The molecule has 142 valence electrons. The van der Waals surface area contributed by atoms with Crippen molar-refractivity contribution in [3.05, 3.63) is 70.7 Å². The zero-order valence-corrected chi connectivity index (χ0v) is 16.1. The summed E-state index contributed by atoms with van der Waals surface area (Å²) in [6.45, 7) is 3.20. The predicted octanol–water partition coefficient (Wildman–Crippen LogP) is 4.01. The molecular formula is C21H24ClN3O2. The minimum absolute atomic E-state index is 0.0603. The van der Waals surface area contributed by atoms with Crippen molar-refractivity contribution >= 4 is 23.5 Å². The van der Waals surface area contributed by atoms with Crippen molar-refractivity contribution in [1.82, 2.24) is 15.5 Å². The lowest BCUT2D eigenvalue weighted by molar-refractivity contribution is 0.0917. The standard InChI is InChI=1S/C21H24ClN3O2/c1-15(16-7-9-18(22)10-8-16)23-21(27)25-13-11-19(12-14-25)24-20(26)17-5-3-2-4-6-17/h2-10,15,19H,11-14H2,1H3,(H,23,27)(H,24,26)/t15-/m0/s1. The Labute approximate surface area is 164 Å². The number of hydrogen-bond donors (Lipinski definition) is 2. The van der Waals surface area contributed by atoms with Gasteiger partial charge in [0.25, 0.3) is 5.91 Å². The summed E-state index contributed by atoms with van der Waals surface area (Å²) in [6.07, 6.45) is 1.50. The molecule has 0 aliphatic carbocycles. The molecule has 0 spiro atoms. The lowest BCUT2D eigenvalue weighted by Gasteiger charge is -2.33. The Hall–Kier alpha value is -2.53. The van der Waals surface area contributed by atoms with E-state index in [2.05, 4.69) is 10.6 Å². The Bertz CT molecular complexity index is 772. The summed E-state index contributed by atoms with van der Waals surface area (Å²) < 4.78 is 0. The molecule has 0 radical (unpaired) electrons. The predicted molar refractivity (Wildman–Crippen MR) is 107 cm³/mol. The molecule has 0 saturated carbocycles. The van der Waals surface area contributed by atoms with Crippen molar-refractivity contribution < 1.29 is 9.59 Å². The van der Waals surface area contributed by atoms with Gasteiger partial charge < -0.3 is 15.5 Å². The van der Waals surface area contributed by atoms with Crippen molar-refractivity contribution in [2.45, 2.75) is 31.8 Å². The van der Waals surface area contributed by atoms with E-state index in [0.29, 0.717) is 23.7 Å². The molecule has 3 rings (SSSR count). The number of carbonyl (C=O) groups is 2. The van der Waals surface area contributed by atoms with Crippen molar-refractivity contribution in [2.24, 2.45) is 0 Å². The van der Waals surface area contributed by atoms with Gasteiger partial charge in [0.2, 0.25) is 0 Å². The molecule has 27 heavy (non-hydrogen) atoms. The van der Waals surface area contributed by atoms with Gasteiger partial charge in [-0.2, -0.15) is 0 Å². The van der Waals surface area contributed by atoms with Gasteiger partial charge in [0.15, 0.2) is 0 Å². The van der Waals surface area contributed by atoms with E-state index in [0.717, 1.165) is 18.4 Å². The molecule has 6 heteroatoms. The lowest BCUT2D eigenvalue weighted by Crippen LogP contribution is -2.49. The summed E-state index contributed by atoms with van der Waals surface area (Å²) in [5, 5.41) is 6.76. The maximum atomic E-state index is 12.5. The van der Waals surface area contributed by atoms with Crippen molar-refractivity contribution in [2.75, 3.05) is 13.1 Å². The quantitative estimate of drug-likeness (QED) is 0.835. The van der Waals surface area contributed by atoms with E-state index in [1.807, 2.05) is 49.4 Å². The number of carbonyl (C=O) groups excluding carboxylic acids is 2. The zero-order valence-electron chi connectivity index (χ0n) is 15.3. The van der Waals surface area contributed by atoms with Gasteiger partial charge >= 0.3 is 6.03 Å². The van der Waals surface area contributed by atoms with E-state index in [1.165, 1.54) is 0 Å². The summed E-state index contributed by atoms with van der Waals surface area (Å²) in [6, 6.07) is 16.6. The molecule has 1 atom stereocenters. The molecule has 1 heterocycles. The van der Waals surface area contributed by atoms with Crippen LogP contribution in [0.15, 0.2) is 54.6 Å². The van der Waals surface area contributed by atoms with Gasteiger partial charge in [-0.05, 0) is 49.6 Å². The second kappa shape index (κ2) is 8.91. The third kappa shape index (κ3) is 5.23. The third-order valence-corrected chi connectivity index (χ3v) is 5.12. The van der Waals surface area contributed by atoms with Crippen LogP contribution in [-0.2, 0) is 0 Å². The van der Waals surface area contributed by atoms with Gasteiger partial charge in [0.05, 0.1) is 6.04 Å². The Kier molecular flexibility index (Phi) is 6.35. The molecule has 1 fully saturated rings. The largest absolute Gasteiger partial charge is 0.349 e. The van der Waals surface area contributed by atoms with Crippen LogP contribution in [0.1, 0.15) is 41.7 Å². The summed E-state index contributed by atoms with van der Waals surface area (Å²) in [4.78, 5) is 26.5. The van der Waals surface area contributed by atoms with Gasteiger partial charge in [0.1, 0.15) is 0 Å². The smallest absolute Gasteiger partial charge is 0.317 e. The fourth-order valence-electron chi connectivity index (χ4n) is 3.20. The number of nitrogens with zero attached hydrogens (tertiary/aromatic N) is 1. The Morgan fingerprint density at radius 3 is 2.30 bits per heavy atom. The van der Waals surface area contributed by atoms with Crippen LogP contribution in [0.3, 0.4) is 0 Å². The Balaban J connectivity index is 1.46. The second-order valence-electron chi connectivity index (χ2n) is 6.82. The summed E-state index contributed by atoms with van der Waals surface area (Å²) in [7, 11) is 0. The van der Waals surface area contributed by atoms with Crippen molar-refractivity contribution in [3.63, 3.8) is 0 Å². The lowest BCUT2D eigenvalue weighted by atomic mass is 10.0. The first kappa shape index (κ1) is 19.2. The highest BCUT2D eigenvalue weighted by molar-refractivity contribution is 6.30.